The van der Waals surface area contributed by atoms with Gasteiger partial charge in [0.25, 0.3) is 0 Å². The first-order chi connectivity index (χ1) is 28.8. The Morgan fingerprint density at radius 1 is 1.10 bits per heavy atom. The maximum absolute atomic E-state index is 13.5. The smallest absolute Gasteiger partial charge is 0.226 e. The molecule has 1 saturated heterocycles. The van der Waals surface area contributed by atoms with Gasteiger partial charge < -0.3 is 49.8 Å². The SMILES string of the molecule is Cc1cc(=O)c2cc3c(c(N4C=C5C=CN=C5C4)c2o1)O[C@](C)(CC[C@H]1CNC(=O)C12CCCCC2)[C@H](OOC[C@H](O)[C@](O)(CN1C=CC2=NC=CC21)[C@H](O)[C@H](O)CO)C3. The van der Waals surface area contributed by atoms with E-state index >= 15 is 0 Å². The molecule has 7 heterocycles. The molecule has 6 aliphatic heterocycles. The van der Waals surface area contributed by atoms with Crippen molar-refractivity contribution in [2.75, 3.05) is 37.7 Å². The highest BCUT2D eigenvalue weighted by Crippen LogP contribution is 2.51. The Morgan fingerprint density at radius 3 is 2.70 bits per heavy atom. The number of anilines is 1. The summed E-state index contributed by atoms with van der Waals surface area (Å²) in [6.07, 6.45) is 12.1. The number of fused-ring (bicyclic) bond motifs is 4. The summed E-state index contributed by atoms with van der Waals surface area (Å²) >= 11 is 0. The Hall–Kier alpha value is -4.68. The first-order valence-corrected chi connectivity index (χ1v) is 21.0. The van der Waals surface area contributed by atoms with Gasteiger partial charge >= 0.3 is 0 Å². The van der Waals surface area contributed by atoms with Crippen LogP contribution in [0.25, 0.3) is 11.0 Å². The van der Waals surface area contributed by atoms with Crippen LogP contribution in [0.3, 0.4) is 0 Å². The molecule has 9 rings (SSSR count). The summed E-state index contributed by atoms with van der Waals surface area (Å²) in [5, 5.41) is 58.3. The minimum atomic E-state index is -2.40. The molecule has 1 amide bonds. The average Bonchev–Trinajstić information content (AvgIpc) is 4.07. The Balaban J connectivity index is 1.03. The number of nitrogens with zero attached hydrogens (tertiary/aromatic N) is 4. The van der Waals surface area contributed by atoms with Crippen molar-refractivity contribution in [3.05, 3.63) is 82.3 Å². The number of rotatable bonds is 14. The van der Waals surface area contributed by atoms with Crippen molar-refractivity contribution < 1.29 is 49.3 Å². The molecule has 320 valence electrons. The number of aryl methyl sites for hydroxylation is 1. The molecule has 8 atom stereocenters. The van der Waals surface area contributed by atoms with Gasteiger partial charge in [0.15, 0.2) is 16.8 Å². The number of amides is 1. The Morgan fingerprint density at radius 2 is 1.92 bits per heavy atom. The van der Waals surface area contributed by atoms with E-state index in [-0.39, 0.29) is 36.3 Å². The van der Waals surface area contributed by atoms with Crippen LogP contribution in [0.1, 0.15) is 63.2 Å². The first kappa shape index (κ1) is 40.7. The quantitative estimate of drug-likeness (QED) is 0.119. The van der Waals surface area contributed by atoms with Gasteiger partial charge in [0.05, 0.1) is 48.0 Å². The van der Waals surface area contributed by atoms with Crippen molar-refractivity contribution in [2.45, 2.75) is 107 Å². The van der Waals surface area contributed by atoms with Gasteiger partial charge in [-0.15, -0.1) is 0 Å². The van der Waals surface area contributed by atoms with Crippen molar-refractivity contribution in [3.63, 3.8) is 0 Å². The zero-order valence-corrected chi connectivity index (χ0v) is 33.8. The second-order valence-electron chi connectivity index (χ2n) is 17.6. The minimum Gasteiger partial charge on any atom is -0.482 e. The summed E-state index contributed by atoms with van der Waals surface area (Å²) in [6.45, 7) is 2.80. The molecule has 1 aromatic heterocycles. The van der Waals surface area contributed by atoms with Crippen molar-refractivity contribution in [1.29, 1.82) is 0 Å². The summed E-state index contributed by atoms with van der Waals surface area (Å²) in [7, 11) is 0. The van der Waals surface area contributed by atoms with Crippen molar-refractivity contribution in [3.8, 4) is 5.75 Å². The van der Waals surface area contributed by atoms with Crippen LogP contribution in [0.4, 0.5) is 5.69 Å². The molecular formula is C44H53N5O11. The normalized spacial score (nSPS) is 28.6. The van der Waals surface area contributed by atoms with Crippen LogP contribution in [0.5, 0.6) is 5.75 Å². The number of allylic oxidation sites excluding steroid dienone is 1. The number of hydrogen-bond donors (Lipinski definition) is 6. The molecular weight excluding hydrogens is 775 g/mol. The summed E-state index contributed by atoms with van der Waals surface area (Å²) in [6, 6.07) is 2.86. The Bertz CT molecular complexity index is 2290. The fourth-order valence-corrected chi connectivity index (χ4v) is 10.3. The lowest BCUT2D eigenvalue weighted by atomic mass is 9.65. The van der Waals surface area contributed by atoms with E-state index in [2.05, 4.69) is 15.3 Å². The van der Waals surface area contributed by atoms with Crippen LogP contribution in [0, 0.1) is 18.3 Å². The number of benzene rings is 1. The van der Waals surface area contributed by atoms with Gasteiger partial charge in [-0.1, -0.05) is 19.3 Å². The standard InChI is InChI=1S/C44H53N5O11/c1-25-16-33(51)29-17-27-18-36(60-57-23-35(53)44(56,40(54)34(52)22-50)24-48-15-9-30-32(48)8-14-45-30)42(2,12-6-28-19-47-41(55)43(28)10-4-3-5-11-43)59-38(27)37(39(29)58-25)49-20-26-7-13-46-31(26)21-49/h7-9,13-17,20,28,32,34-36,40,50,52-54,56H,3-6,10-12,18-19,21-24H2,1-2H3,(H,47,55)/t28-,32?,34+,35-,36+,40+,42+,44+/m0/s1. The molecule has 1 spiro atoms. The van der Waals surface area contributed by atoms with E-state index < -0.39 is 54.2 Å². The third-order valence-corrected chi connectivity index (χ3v) is 13.8. The van der Waals surface area contributed by atoms with Crippen molar-refractivity contribution in [2.24, 2.45) is 21.3 Å². The molecule has 6 N–H and O–H groups in total. The second-order valence-corrected chi connectivity index (χ2v) is 17.6. The highest BCUT2D eigenvalue weighted by atomic mass is 17.2. The van der Waals surface area contributed by atoms with Gasteiger partial charge in [-0.2, -0.15) is 0 Å². The Kier molecular flexibility index (Phi) is 10.6. The van der Waals surface area contributed by atoms with Gasteiger partial charge in [-0.3, -0.25) is 19.6 Å². The molecule has 1 aliphatic carbocycles. The number of aliphatic hydroxyl groups excluding tert-OH is 4. The molecule has 2 aromatic rings. The average molecular weight is 828 g/mol. The van der Waals surface area contributed by atoms with Crippen LogP contribution < -0.4 is 20.4 Å². The maximum atomic E-state index is 13.5. The number of ether oxygens (including phenoxy) is 1. The summed E-state index contributed by atoms with van der Waals surface area (Å²) in [5.74, 6) is 1.14. The predicted octanol–water partition coefficient (Wildman–Crippen LogP) is 2.23. The zero-order chi connectivity index (χ0) is 42.0. The van der Waals surface area contributed by atoms with Gasteiger partial charge in [0.2, 0.25) is 5.91 Å². The van der Waals surface area contributed by atoms with Crippen LogP contribution >= 0.6 is 0 Å². The number of carbonyl (C=O) groups excluding carboxylic acids is 1. The molecule has 0 bridgehead atoms. The van der Waals surface area contributed by atoms with Gasteiger partial charge in [0.1, 0.15) is 53.7 Å². The molecule has 1 saturated carbocycles. The molecule has 2 fully saturated rings. The second kappa shape index (κ2) is 15.7. The highest BCUT2D eigenvalue weighted by molar-refractivity contribution is 6.12. The third-order valence-electron chi connectivity index (χ3n) is 13.8. The lowest BCUT2D eigenvalue weighted by Gasteiger charge is -2.44. The molecule has 16 heteroatoms. The molecule has 16 nitrogen and oxygen atoms in total. The van der Waals surface area contributed by atoms with E-state index in [4.69, 9.17) is 18.9 Å². The van der Waals surface area contributed by atoms with Gasteiger partial charge in [-0.05, 0) is 69.7 Å². The minimum absolute atomic E-state index is 0.0640. The largest absolute Gasteiger partial charge is 0.482 e. The van der Waals surface area contributed by atoms with E-state index in [0.29, 0.717) is 65.4 Å². The predicted molar refractivity (Wildman–Crippen MR) is 220 cm³/mol. The van der Waals surface area contributed by atoms with E-state index in [1.54, 1.807) is 48.6 Å². The monoisotopic (exact) mass is 827 g/mol. The van der Waals surface area contributed by atoms with E-state index in [1.807, 2.05) is 24.1 Å². The van der Waals surface area contributed by atoms with Crippen LogP contribution in [0.15, 0.2) is 79.9 Å². The number of nitrogens with one attached hydrogen (secondary N) is 1. The fraction of sp³-hybridized carbons (Fsp3) is 0.545. The van der Waals surface area contributed by atoms with Crippen LogP contribution in [-0.4, -0.2) is 122 Å². The fourth-order valence-electron chi connectivity index (χ4n) is 10.3. The third kappa shape index (κ3) is 6.91. The van der Waals surface area contributed by atoms with Crippen LogP contribution in [0.2, 0.25) is 0 Å². The summed E-state index contributed by atoms with van der Waals surface area (Å²) < 4.78 is 13.4. The van der Waals surface area contributed by atoms with Crippen molar-refractivity contribution >= 4 is 34.0 Å². The van der Waals surface area contributed by atoms with E-state index in [0.717, 1.165) is 43.4 Å². The number of carbonyl (C=O) groups is 1. The molecule has 7 aliphatic rings. The lowest BCUT2D eigenvalue weighted by Crippen LogP contribution is -2.64. The number of hydrogen-bond acceptors (Lipinski definition) is 15. The zero-order valence-electron chi connectivity index (χ0n) is 33.8. The number of β-amino-alcohol motifs (C(OH)–C–C–N with tert-alkyl or cyclic N) is 1. The molecule has 1 unspecified atom stereocenters. The summed E-state index contributed by atoms with van der Waals surface area (Å²) in [4.78, 5) is 51.4. The molecule has 0 radical (unpaired) electrons. The Labute approximate surface area is 346 Å². The van der Waals surface area contributed by atoms with E-state index in [1.165, 1.54) is 6.07 Å². The maximum Gasteiger partial charge on any atom is 0.226 e. The topological polar surface area (TPSA) is 219 Å². The molecule has 1 aromatic carbocycles. The molecule has 60 heavy (non-hydrogen) atoms. The van der Waals surface area contributed by atoms with E-state index in [9.17, 15) is 35.1 Å². The summed E-state index contributed by atoms with van der Waals surface area (Å²) in [5.41, 5.74) is 0.0196. The number of aliphatic imine (C=N–C) groups is 2. The number of aliphatic hydroxyl groups is 5. The van der Waals surface area contributed by atoms with Gasteiger partial charge in [-0.25, -0.2) is 9.78 Å². The van der Waals surface area contributed by atoms with Crippen LogP contribution in [-0.2, 0) is 21.0 Å². The lowest BCUT2D eigenvalue weighted by molar-refractivity contribution is -0.365. The first-order valence-electron chi connectivity index (χ1n) is 21.0. The van der Waals surface area contributed by atoms with Crippen molar-refractivity contribution in [1.82, 2.24) is 10.2 Å². The van der Waals surface area contributed by atoms with Gasteiger partial charge in [0, 0.05) is 55.0 Å². The highest BCUT2D eigenvalue weighted by Gasteiger charge is 2.53.